The maximum absolute atomic E-state index is 5.62. The number of hydrogen-bond acceptors (Lipinski definition) is 4. The molecule has 1 fully saturated rings. The van der Waals surface area contributed by atoms with Gasteiger partial charge in [-0.15, -0.1) is 12.4 Å². The van der Waals surface area contributed by atoms with Crippen molar-refractivity contribution in [1.82, 2.24) is 10.1 Å². The Morgan fingerprint density at radius 3 is 2.59 bits per heavy atom. The monoisotopic (exact) mass is 251 g/mol. The fourth-order valence-electron chi connectivity index (χ4n) is 1.66. The van der Waals surface area contributed by atoms with Gasteiger partial charge in [0, 0.05) is 17.7 Å². The van der Waals surface area contributed by atoms with Crippen LogP contribution in [0, 0.1) is 5.92 Å². The van der Waals surface area contributed by atoms with Gasteiger partial charge in [0.1, 0.15) is 0 Å². The number of hydrogen-bond donors (Lipinski definition) is 1. The van der Waals surface area contributed by atoms with Crippen LogP contribution in [-0.2, 0) is 6.42 Å². The van der Waals surface area contributed by atoms with Crippen LogP contribution in [0.3, 0.4) is 0 Å². The molecule has 3 rings (SSSR count). The summed E-state index contributed by atoms with van der Waals surface area (Å²) in [6.45, 7) is 0. The summed E-state index contributed by atoms with van der Waals surface area (Å²) in [7, 11) is 0. The summed E-state index contributed by atoms with van der Waals surface area (Å²) in [5.74, 6) is 2.17. The molecule has 0 amide bonds. The summed E-state index contributed by atoms with van der Waals surface area (Å²) in [5, 5.41) is 3.98. The molecule has 0 bridgehead atoms. The van der Waals surface area contributed by atoms with Gasteiger partial charge in [-0.05, 0) is 43.0 Å². The first kappa shape index (κ1) is 11.9. The molecule has 1 heterocycles. The summed E-state index contributed by atoms with van der Waals surface area (Å²) < 4.78 is 5.22. The molecule has 0 aliphatic heterocycles. The molecule has 1 aromatic heterocycles. The molecule has 2 aromatic rings. The van der Waals surface area contributed by atoms with Crippen LogP contribution in [-0.4, -0.2) is 10.1 Å². The largest absolute Gasteiger partial charge is 0.399 e. The van der Waals surface area contributed by atoms with E-state index in [0.29, 0.717) is 5.89 Å². The molecule has 2 N–H and O–H groups in total. The lowest BCUT2D eigenvalue weighted by atomic mass is 10.2. The zero-order chi connectivity index (χ0) is 11.0. The van der Waals surface area contributed by atoms with Crippen LogP contribution in [0.25, 0.3) is 11.5 Å². The van der Waals surface area contributed by atoms with Crippen LogP contribution in [0.5, 0.6) is 0 Å². The molecule has 1 saturated carbocycles. The van der Waals surface area contributed by atoms with E-state index in [-0.39, 0.29) is 12.4 Å². The number of nitrogen functional groups attached to an aromatic ring is 1. The third-order valence-electron chi connectivity index (χ3n) is 2.79. The number of benzene rings is 1. The average Bonchev–Trinajstić information content (AvgIpc) is 2.97. The van der Waals surface area contributed by atoms with E-state index >= 15 is 0 Å². The Kier molecular flexibility index (Phi) is 3.33. The van der Waals surface area contributed by atoms with Crippen molar-refractivity contribution in [1.29, 1.82) is 0 Å². The molecule has 0 atom stereocenters. The van der Waals surface area contributed by atoms with Gasteiger partial charge in [-0.25, -0.2) is 0 Å². The minimum Gasteiger partial charge on any atom is -0.399 e. The molecule has 4 nitrogen and oxygen atoms in total. The van der Waals surface area contributed by atoms with E-state index in [4.69, 9.17) is 10.3 Å². The quantitative estimate of drug-likeness (QED) is 0.852. The fraction of sp³-hybridized carbons (Fsp3) is 0.333. The molecule has 5 heteroatoms. The van der Waals surface area contributed by atoms with Crippen molar-refractivity contribution in [3.05, 3.63) is 30.1 Å². The van der Waals surface area contributed by atoms with Crippen molar-refractivity contribution in [2.45, 2.75) is 19.3 Å². The zero-order valence-electron chi connectivity index (χ0n) is 9.30. The summed E-state index contributed by atoms with van der Waals surface area (Å²) in [6, 6.07) is 7.45. The summed E-state index contributed by atoms with van der Waals surface area (Å²) in [4.78, 5) is 4.37. The van der Waals surface area contributed by atoms with Gasteiger partial charge in [0.2, 0.25) is 0 Å². The predicted octanol–water partition coefficient (Wildman–Crippen LogP) is 2.69. The van der Waals surface area contributed by atoms with Crippen molar-refractivity contribution >= 4 is 18.1 Å². The number of halogens is 1. The molecule has 1 aliphatic carbocycles. The Bertz CT molecular complexity index is 491. The Balaban J connectivity index is 0.00000108. The Morgan fingerprint density at radius 1 is 1.24 bits per heavy atom. The lowest BCUT2D eigenvalue weighted by Crippen LogP contribution is -1.89. The van der Waals surface area contributed by atoms with E-state index in [1.54, 1.807) is 0 Å². The SMILES string of the molecule is Cl.Nc1ccc(-c2nc(CC3CC3)no2)cc1. The van der Waals surface area contributed by atoms with E-state index in [2.05, 4.69) is 10.1 Å². The van der Waals surface area contributed by atoms with Gasteiger partial charge in [0.25, 0.3) is 5.89 Å². The number of nitrogens with zero attached hydrogens (tertiary/aromatic N) is 2. The number of aromatic nitrogens is 2. The standard InChI is InChI=1S/C12H13N3O.ClH/c13-10-5-3-9(4-6-10)12-14-11(15-16-12)7-8-1-2-8;/h3-6,8H,1-2,7,13H2;1H. The molecule has 90 valence electrons. The van der Waals surface area contributed by atoms with Gasteiger partial charge < -0.3 is 10.3 Å². The van der Waals surface area contributed by atoms with Crippen LogP contribution in [0.2, 0.25) is 0 Å². The second-order valence-corrected chi connectivity index (χ2v) is 4.29. The highest BCUT2D eigenvalue weighted by Gasteiger charge is 2.24. The summed E-state index contributed by atoms with van der Waals surface area (Å²) in [6.07, 6.45) is 3.54. The van der Waals surface area contributed by atoms with Gasteiger partial charge in [-0.1, -0.05) is 5.16 Å². The van der Waals surface area contributed by atoms with Crippen LogP contribution < -0.4 is 5.73 Å². The van der Waals surface area contributed by atoms with E-state index < -0.39 is 0 Å². The fourth-order valence-corrected chi connectivity index (χ4v) is 1.66. The van der Waals surface area contributed by atoms with Crippen LogP contribution in [0.15, 0.2) is 28.8 Å². The zero-order valence-corrected chi connectivity index (χ0v) is 10.1. The molecule has 1 aromatic carbocycles. The van der Waals surface area contributed by atoms with Crippen LogP contribution >= 0.6 is 12.4 Å². The third-order valence-corrected chi connectivity index (χ3v) is 2.79. The van der Waals surface area contributed by atoms with Crippen molar-refractivity contribution in [2.75, 3.05) is 5.73 Å². The van der Waals surface area contributed by atoms with E-state index in [1.165, 1.54) is 12.8 Å². The van der Waals surface area contributed by atoms with Gasteiger partial charge in [-0.3, -0.25) is 0 Å². The highest BCUT2D eigenvalue weighted by atomic mass is 35.5. The highest BCUT2D eigenvalue weighted by molar-refractivity contribution is 5.85. The number of nitrogens with two attached hydrogens (primary N) is 1. The topological polar surface area (TPSA) is 64.9 Å². The molecular weight excluding hydrogens is 238 g/mol. The lowest BCUT2D eigenvalue weighted by Gasteiger charge is -1.94. The Labute approximate surface area is 106 Å². The van der Waals surface area contributed by atoms with E-state index in [1.807, 2.05) is 24.3 Å². The first-order valence-corrected chi connectivity index (χ1v) is 5.50. The second-order valence-electron chi connectivity index (χ2n) is 4.29. The molecular formula is C12H14ClN3O. The molecule has 0 unspecified atom stereocenters. The van der Waals surface area contributed by atoms with Gasteiger partial charge in [0.15, 0.2) is 5.82 Å². The van der Waals surface area contributed by atoms with Crippen molar-refractivity contribution in [3.63, 3.8) is 0 Å². The minimum atomic E-state index is 0. The van der Waals surface area contributed by atoms with E-state index in [9.17, 15) is 0 Å². The van der Waals surface area contributed by atoms with Crippen molar-refractivity contribution in [2.24, 2.45) is 5.92 Å². The molecule has 0 spiro atoms. The van der Waals surface area contributed by atoms with Crippen molar-refractivity contribution in [3.8, 4) is 11.5 Å². The smallest absolute Gasteiger partial charge is 0.257 e. The molecule has 0 saturated heterocycles. The normalized spacial score (nSPS) is 14.4. The van der Waals surface area contributed by atoms with E-state index in [0.717, 1.165) is 29.4 Å². The predicted molar refractivity (Wildman–Crippen MR) is 67.8 cm³/mol. The van der Waals surface area contributed by atoms with Crippen molar-refractivity contribution < 1.29 is 4.52 Å². The third kappa shape index (κ3) is 2.77. The Morgan fingerprint density at radius 2 is 1.94 bits per heavy atom. The number of anilines is 1. The summed E-state index contributed by atoms with van der Waals surface area (Å²) >= 11 is 0. The lowest BCUT2D eigenvalue weighted by molar-refractivity contribution is 0.421. The first-order chi connectivity index (χ1) is 7.81. The minimum absolute atomic E-state index is 0. The Hall–Kier alpha value is -1.55. The molecule has 1 aliphatic rings. The van der Waals surface area contributed by atoms with Gasteiger partial charge in [-0.2, -0.15) is 4.98 Å². The average molecular weight is 252 g/mol. The molecule has 17 heavy (non-hydrogen) atoms. The second kappa shape index (κ2) is 4.75. The molecule has 0 radical (unpaired) electrons. The maximum atomic E-state index is 5.62. The van der Waals surface area contributed by atoms with Crippen LogP contribution in [0.4, 0.5) is 5.69 Å². The van der Waals surface area contributed by atoms with Gasteiger partial charge >= 0.3 is 0 Å². The maximum Gasteiger partial charge on any atom is 0.257 e. The highest BCUT2D eigenvalue weighted by Crippen LogP contribution is 2.32. The first-order valence-electron chi connectivity index (χ1n) is 5.50. The van der Waals surface area contributed by atoms with Gasteiger partial charge in [0.05, 0.1) is 0 Å². The number of rotatable bonds is 3. The summed E-state index contributed by atoms with van der Waals surface area (Å²) in [5.41, 5.74) is 7.28. The van der Waals surface area contributed by atoms with Crippen LogP contribution in [0.1, 0.15) is 18.7 Å².